The van der Waals surface area contributed by atoms with Crippen molar-refractivity contribution in [3.63, 3.8) is 0 Å². The van der Waals surface area contributed by atoms with Crippen molar-refractivity contribution in [2.24, 2.45) is 0 Å². The van der Waals surface area contributed by atoms with E-state index in [0.29, 0.717) is 26.2 Å². The molecule has 0 aliphatic heterocycles. The number of benzene rings is 1. The third-order valence-electron chi connectivity index (χ3n) is 3.21. The Morgan fingerprint density at radius 3 is 2.54 bits per heavy atom. The fourth-order valence-electron chi connectivity index (χ4n) is 1.99. The van der Waals surface area contributed by atoms with Gasteiger partial charge in [-0.25, -0.2) is 4.98 Å². The summed E-state index contributed by atoms with van der Waals surface area (Å²) in [6.45, 7) is 2.92. The zero-order valence-electron chi connectivity index (χ0n) is 13.6. The molecule has 2 aromatic rings. The van der Waals surface area contributed by atoms with Crippen LogP contribution in [0.2, 0.25) is 0 Å². The Morgan fingerprint density at radius 2 is 1.92 bits per heavy atom. The smallest absolute Gasteiger partial charge is 0.234 e. The summed E-state index contributed by atoms with van der Waals surface area (Å²) in [5, 5.41) is 5.89. The molecule has 0 aliphatic carbocycles. The highest BCUT2D eigenvalue weighted by Gasteiger charge is 2.01. The topological polar surface area (TPSA) is 68.2 Å². The van der Waals surface area contributed by atoms with Crippen molar-refractivity contribution >= 4 is 30.7 Å². The molecule has 1 heterocycles. The molecule has 6 nitrogen and oxygen atoms in total. The lowest BCUT2D eigenvalue weighted by atomic mass is 10.1. The number of rotatable bonds is 9. The number of ether oxygens (including phenoxy) is 1. The number of nitrogens with zero attached hydrogens (tertiary/aromatic N) is 2. The highest BCUT2D eigenvalue weighted by atomic mass is 35.5. The molecule has 0 unspecified atom stereocenters. The second kappa shape index (κ2) is 12.8. The van der Waals surface area contributed by atoms with Gasteiger partial charge < -0.3 is 19.9 Å². The van der Waals surface area contributed by atoms with Gasteiger partial charge in [0.15, 0.2) is 0 Å². The Kier molecular flexibility index (Phi) is 11.9. The molecule has 0 spiro atoms. The zero-order valence-corrected chi connectivity index (χ0v) is 15.2. The van der Waals surface area contributed by atoms with Crippen molar-refractivity contribution in [2.75, 3.05) is 26.8 Å². The second-order valence-corrected chi connectivity index (χ2v) is 5.00. The molecule has 0 radical (unpaired) electrons. The number of carbonyl (C=O) groups excluding carboxylic acids is 1. The van der Waals surface area contributed by atoms with Crippen LogP contribution < -0.4 is 10.6 Å². The van der Waals surface area contributed by atoms with Gasteiger partial charge >= 0.3 is 0 Å². The van der Waals surface area contributed by atoms with Crippen LogP contribution in [0.4, 0.5) is 0 Å². The zero-order chi connectivity index (χ0) is 15.6. The maximum Gasteiger partial charge on any atom is 0.234 e. The minimum absolute atomic E-state index is 0. The first-order valence-corrected chi connectivity index (χ1v) is 7.28. The normalized spacial score (nSPS) is 9.71. The van der Waals surface area contributed by atoms with Gasteiger partial charge in [0.05, 0.1) is 19.5 Å². The number of carbonyl (C=O) groups is 1. The predicted molar refractivity (Wildman–Crippen MR) is 98.9 cm³/mol. The van der Waals surface area contributed by atoms with Crippen molar-refractivity contribution < 1.29 is 9.53 Å². The Hall–Kier alpha value is -1.60. The third-order valence-corrected chi connectivity index (χ3v) is 3.21. The molecular weight excluding hydrogens is 351 g/mol. The second-order valence-electron chi connectivity index (χ2n) is 5.00. The number of hydrogen-bond donors (Lipinski definition) is 2. The number of hydrogen-bond acceptors (Lipinski definition) is 4. The van der Waals surface area contributed by atoms with Gasteiger partial charge in [-0.2, -0.15) is 0 Å². The van der Waals surface area contributed by atoms with E-state index >= 15 is 0 Å². The standard InChI is InChI=1S/C16H22N4O2.2ClH/c1-22-9-7-17-11-16(21)19-10-14-2-4-15(5-3-14)12-20-8-6-18-13-20;;/h2-6,8,13,17H,7,9-12H2,1H3,(H,19,21);2*1H. The van der Waals surface area contributed by atoms with Crippen LogP contribution in [0.5, 0.6) is 0 Å². The average molecular weight is 375 g/mol. The molecule has 0 saturated carbocycles. The van der Waals surface area contributed by atoms with Crippen LogP contribution in [0.25, 0.3) is 0 Å². The molecule has 0 aliphatic rings. The first kappa shape index (κ1) is 22.4. The van der Waals surface area contributed by atoms with E-state index in [2.05, 4.69) is 27.8 Å². The monoisotopic (exact) mass is 374 g/mol. The van der Waals surface area contributed by atoms with Crippen LogP contribution in [-0.2, 0) is 22.6 Å². The van der Waals surface area contributed by atoms with Gasteiger partial charge in [0.1, 0.15) is 0 Å². The summed E-state index contributed by atoms with van der Waals surface area (Å²) in [4.78, 5) is 15.7. The first-order chi connectivity index (χ1) is 10.8. The molecule has 24 heavy (non-hydrogen) atoms. The summed E-state index contributed by atoms with van der Waals surface area (Å²) in [7, 11) is 1.64. The van der Waals surface area contributed by atoms with E-state index in [1.807, 2.05) is 22.9 Å². The molecule has 0 bridgehead atoms. The lowest BCUT2D eigenvalue weighted by molar-refractivity contribution is -0.120. The van der Waals surface area contributed by atoms with E-state index in [-0.39, 0.29) is 30.7 Å². The number of imidazole rings is 1. The quantitative estimate of drug-likeness (QED) is 0.654. The van der Waals surface area contributed by atoms with E-state index in [4.69, 9.17) is 4.74 Å². The SMILES string of the molecule is COCCNCC(=O)NCc1ccc(Cn2ccnc2)cc1.Cl.Cl. The Bertz CT molecular complexity index is 562. The number of amides is 1. The molecule has 1 aromatic heterocycles. The number of nitrogens with one attached hydrogen (secondary N) is 2. The molecule has 134 valence electrons. The minimum Gasteiger partial charge on any atom is -0.383 e. The van der Waals surface area contributed by atoms with Crippen molar-refractivity contribution in [3.05, 3.63) is 54.1 Å². The first-order valence-electron chi connectivity index (χ1n) is 7.28. The van der Waals surface area contributed by atoms with Crippen LogP contribution in [0.1, 0.15) is 11.1 Å². The molecule has 1 aromatic carbocycles. The predicted octanol–water partition coefficient (Wildman–Crippen LogP) is 1.63. The highest BCUT2D eigenvalue weighted by Crippen LogP contribution is 2.06. The largest absolute Gasteiger partial charge is 0.383 e. The number of aromatic nitrogens is 2. The van der Waals surface area contributed by atoms with Crippen LogP contribution in [-0.4, -0.2) is 42.3 Å². The van der Waals surface area contributed by atoms with E-state index in [9.17, 15) is 4.79 Å². The Labute approximate surface area is 154 Å². The maximum atomic E-state index is 11.6. The highest BCUT2D eigenvalue weighted by molar-refractivity contribution is 5.85. The Balaban J connectivity index is 0.00000264. The van der Waals surface area contributed by atoms with Crippen molar-refractivity contribution in [1.29, 1.82) is 0 Å². The number of halogens is 2. The lowest BCUT2D eigenvalue weighted by Crippen LogP contribution is -2.34. The summed E-state index contributed by atoms with van der Waals surface area (Å²) in [5.74, 6) is -0.0152. The van der Waals surface area contributed by atoms with Crippen molar-refractivity contribution in [1.82, 2.24) is 20.2 Å². The minimum atomic E-state index is -0.0152. The molecule has 0 fully saturated rings. The number of methoxy groups -OCH3 is 1. The molecular formula is C16H24Cl2N4O2. The van der Waals surface area contributed by atoms with E-state index in [1.54, 1.807) is 19.6 Å². The maximum absolute atomic E-state index is 11.6. The molecule has 2 rings (SSSR count). The molecule has 2 N–H and O–H groups in total. The summed E-state index contributed by atoms with van der Waals surface area (Å²) in [6.07, 6.45) is 5.50. The van der Waals surface area contributed by atoms with Crippen molar-refractivity contribution in [3.8, 4) is 0 Å². The summed E-state index contributed by atoms with van der Waals surface area (Å²) in [6, 6.07) is 8.20. The van der Waals surface area contributed by atoms with Crippen LogP contribution >= 0.6 is 24.8 Å². The molecule has 8 heteroatoms. The van der Waals surface area contributed by atoms with Gasteiger partial charge in [-0.3, -0.25) is 4.79 Å². The van der Waals surface area contributed by atoms with Gasteiger partial charge in [0.25, 0.3) is 0 Å². The van der Waals surface area contributed by atoms with E-state index in [1.165, 1.54) is 5.56 Å². The summed E-state index contributed by atoms with van der Waals surface area (Å²) < 4.78 is 6.92. The van der Waals surface area contributed by atoms with Gasteiger partial charge in [0.2, 0.25) is 5.91 Å². The summed E-state index contributed by atoms with van der Waals surface area (Å²) in [5.41, 5.74) is 2.29. The summed E-state index contributed by atoms with van der Waals surface area (Å²) >= 11 is 0. The Morgan fingerprint density at radius 1 is 1.21 bits per heavy atom. The van der Waals surface area contributed by atoms with Crippen LogP contribution in [0.3, 0.4) is 0 Å². The van der Waals surface area contributed by atoms with Gasteiger partial charge in [-0.05, 0) is 11.1 Å². The molecule has 1 amide bonds. The fourth-order valence-corrected chi connectivity index (χ4v) is 1.99. The fraction of sp³-hybridized carbons (Fsp3) is 0.375. The average Bonchev–Trinajstić information content (AvgIpc) is 3.04. The van der Waals surface area contributed by atoms with Crippen molar-refractivity contribution in [2.45, 2.75) is 13.1 Å². The molecule has 0 atom stereocenters. The molecule has 0 saturated heterocycles. The van der Waals surface area contributed by atoms with E-state index in [0.717, 1.165) is 12.1 Å². The van der Waals surface area contributed by atoms with E-state index < -0.39 is 0 Å². The van der Waals surface area contributed by atoms with Gasteiger partial charge in [-0.1, -0.05) is 24.3 Å². The third kappa shape index (κ3) is 8.31. The lowest BCUT2D eigenvalue weighted by Gasteiger charge is -2.08. The van der Waals surface area contributed by atoms with Crippen LogP contribution in [0, 0.1) is 0 Å². The van der Waals surface area contributed by atoms with Gasteiger partial charge in [-0.15, -0.1) is 24.8 Å². The van der Waals surface area contributed by atoms with Crippen LogP contribution in [0.15, 0.2) is 43.0 Å². The van der Waals surface area contributed by atoms with Gasteiger partial charge in [0, 0.05) is 39.1 Å².